The maximum absolute atomic E-state index is 11.2. The quantitative estimate of drug-likeness (QED) is 0.546. The minimum absolute atomic E-state index is 0.536. The van der Waals surface area contributed by atoms with E-state index in [1.807, 2.05) is 35.9 Å². The van der Waals surface area contributed by atoms with Crippen molar-refractivity contribution in [2.24, 2.45) is 0 Å². The van der Waals surface area contributed by atoms with Crippen LogP contribution in [0, 0.1) is 6.92 Å². The maximum Gasteiger partial charge on any atom is 0.168 e. The van der Waals surface area contributed by atoms with Crippen LogP contribution < -0.4 is 0 Å². The van der Waals surface area contributed by atoms with Gasteiger partial charge in [-0.1, -0.05) is 0 Å². The van der Waals surface area contributed by atoms with Crippen LogP contribution in [0.15, 0.2) is 42.9 Å². The molecule has 0 aliphatic carbocycles. The van der Waals surface area contributed by atoms with Crippen molar-refractivity contribution in [3.05, 3.63) is 59.8 Å². The maximum atomic E-state index is 11.2. The van der Waals surface area contributed by atoms with E-state index in [1.165, 1.54) is 0 Å². The molecule has 112 valence electrons. The van der Waals surface area contributed by atoms with Crippen molar-refractivity contribution in [3.8, 4) is 11.3 Å². The summed E-state index contributed by atoms with van der Waals surface area (Å²) < 4.78 is 3.57. The van der Waals surface area contributed by atoms with Crippen molar-refractivity contribution in [2.45, 2.75) is 6.92 Å². The van der Waals surface area contributed by atoms with Crippen LogP contribution in [0.25, 0.3) is 22.6 Å². The zero-order valence-corrected chi connectivity index (χ0v) is 12.3. The molecule has 4 rings (SSSR count). The molecule has 0 amide bonds. The summed E-state index contributed by atoms with van der Waals surface area (Å²) in [6, 6.07) is 7.30. The number of fused-ring (bicyclic) bond motifs is 2. The van der Waals surface area contributed by atoms with Gasteiger partial charge in [0, 0.05) is 29.7 Å². The molecule has 0 aliphatic rings. The van der Waals surface area contributed by atoms with E-state index in [-0.39, 0.29) is 0 Å². The highest BCUT2D eigenvalue weighted by atomic mass is 16.1. The van der Waals surface area contributed by atoms with Crippen molar-refractivity contribution < 1.29 is 9.59 Å². The zero-order valence-electron chi connectivity index (χ0n) is 12.3. The van der Waals surface area contributed by atoms with Gasteiger partial charge in [-0.3, -0.25) is 14.0 Å². The molecule has 0 unspecified atom stereocenters. The Kier molecular flexibility index (Phi) is 2.84. The van der Waals surface area contributed by atoms with Crippen LogP contribution in [0.2, 0.25) is 0 Å². The van der Waals surface area contributed by atoms with Gasteiger partial charge in [0.2, 0.25) is 0 Å². The van der Waals surface area contributed by atoms with Crippen LogP contribution in [0.3, 0.4) is 0 Å². The topological polar surface area (TPSA) is 68.7 Å². The first-order chi connectivity index (χ1) is 11.2. The molecule has 0 saturated heterocycles. The van der Waals surface area contributed by atoms with Crippen molar-refractivity contribution in [1.82, 2.24) is 18.8 Å². The summed E-state index contributed by atoms with van der Waals surface area (Å²) in [7, 11) is 0. The summed E-state index contributed by atoms with van der Waals surface area (Å²) in [6.45, 7) is 1.81. The highest BCUT2D eigenvalue weighted by Gasteiger charge is 2.10. The number of pyridine rings is 2. The Hall–Kier alpha value is -3.28. The third-order valence-electron chi connectivity index (χ3n) is 3.86. The molecular weight excluding hydrogens is 292 g/mol. The molecule has 0 spiro atoms. The third-order valence-corrected chi connectivity index (χ3v) is 3.86. The number of carbonyl (C=O) groups is 2. The summed E-state index contributed by atoms with van der Waals surface area (Å²) in [5.74, 6) is 0. The average molecular weight is 304 g/mol. The number of aromatic nitrogens is 4. The molecule has 0 radical (unpaired) electrons. The fourth-order valence-corrected chi connectivity index (χ4v) is 2.69. The number of aryl methyl sites for hydroxylation is 1. The first-order valence-electron chi connectivity index (χ1n) is 7.08. The molecule has 4 heterocycles. The molecular formula is C17H12N4O2. The van der Waals surface area contributed by atoms with Gasteiger partial charge in [0.25, 0.3) is 0 Å². The summed E-state index contributed by atoms with van der Waals surface area (Å²) in [6.07, 6.45) is 7.04. The summed E-state index contributed by atoms with van der Waals surface area (Å²) >= 11 is 0. The summed E-state index contributed by atoms with van der Waals surface area (Å²) in [5.41, 5.74) is 4.93. The lowest BCUT2D eigenvalue weighted by atomic mass is 10.2. The second-order valence-electron chi connectivity index (χ2n) is 5.32. The first-order valence-corrected chi connectivity index (χ1v) is 7.08. The zero-order chi connectivity index (χ0) is 16.0. The number of hydrogen-bond acceptors (Lipinski definition) is 4. The Bertz CT molecular complexity index is 1080. The predicted octanol–water partition coefficient (Wildman–Crippen LogP) is 2.58. The van der Waals surface area contributed by atoms with Gasteiger partial charge in [0.1, 0.15) is 17.0 Å². The molecule has 0 saturated carbocycles. The van der Waals surface area contributed by atoms with E-state index in [0.29, 0.717) is 17.0 Å². The molecule has 0 fully saturated rings. The average Bonchev–Trinajstić information content (AvgIpc) is 3.12. The van der Waals surface area contributed by atoms with Crippen LogP contribution in [0.5, 0.6) is 0 Å². The lowest BCUT2D eigenvalue weighted by molar-refractivity contribution is 0.111. The Labute approximate surface area is 131 Å². The Balaban J connectivity index is 1.91. The lowest BCUT2D eigenvalue weighted by Crippen LogP contribution is -1.93. The third kappa shape index (κ3) is 2.03. The van der Waals surface area contributed by atoms with Crippen molar-refractivity contribution in [2.75, 3.05) is 0 Å². The normalized spacial score (nSPS) is 11.2. The van der Waals surface area contributed by atoms with Gasteiger partial charge < -0.3 is 4.40 Å². The lowest BCUT2D eigenvalue weighted by Gasteiger charge is -2.00. The van der Waals surface area contributed by atoms with E-state index in [1.54, 1.807) is 22.7 Å². The van der Waals surface area contributed by atoms with Gasteiger partial charge in [0.15, 0.2) is 12.6 Å². The SMILES string of the molecule is Cc1nc2ccc(-c3cn4cc(C=O)ccc4n3)cn2c1C=O. The van der Waals surface area contributed by atoms with Crippen LogP contribution in [-0.4, -0.2) is 31.3 Å². The van der Waals surface area contributed by atoms with E-state index < -0.39 is 0 Å². The molecule has 0 aromatic carbocycles. The molecule has 0 aliphatic heterocycles. The minimum Gasteiger partial charge on any atom is -0.306 e. The molecule has 0 N–H and O–H groups in total. The molecule has 6 heteroatoms. The number of hydrogen-bond donors (Lipinski definition) is 0. The predicted molar refractivity (Wildman–Crippen MR) is 84.9 cm³/mol. The summed E-state index contributed by atoms with van der Waals surface area (Å²) in [4.78, 5) is 31.0. The summed E-state index contributed by atoms with van der Waals surface area (Å²) in [5, 5.41) is 0. The molecule has 0 bridgehead atoms. The Morgan fingerprint density at radius 2 is 1.74 bits per heavy atom. The van der Waals surface area contributed by atoms with E-state index in [9.17, 15) is 9.59 Å². The Morgan fingerprint density at radius 1 is 0.913 bits per heavy atom. The standard InChI is InChI=1S/C17H12N4O2/c1-11-15(10-23)21-7-13(3-5-17(21)18-11)14-8-20-6-12(9-22)2-4-16(20)19-14/h2-10H,1H3. The van der Waals surface area contributed by atoms with Crippen LogP contribution in [-0.2, 0) is 0 Å². The van der Waals surface area contributed by atoms with E-state index in [2.05, 4.69) is 9.97 Å². The minimum atomic E-state index is 0.536. The number of carbonyl (C=O) groups excluding carboxylic acids is 2. The Morgan fingerprint density at radius 3 is 2.52 bits per heavy atom. The van der Waals surface area contributed by atoms with Crippen LogP contribution >= 0.6 is 0 Å². The largest absolute Gasteiger partial charge is 0.306 e. The van der Waals surface area contributed by atoms with Gasteiger partial charge in [-0.15, -0.1) is 0 Å². The molecule has 6 nitrogen and oxygen atoms in total. The number of rotatable bonds is 3. The van der Waals surface area contributed by atoms with Crippen LogP contribution in [0.1, 0.15) is 26.5 Å². The molecule has 23 heavy (non-hydrogen) atoms. The molecule has 4 aromatic rings. The van der Waals surface area contributed by atoms with E-state index in [0.717, 1.165) is 35.1 Å². The van der Waals surface area contributed by atoms with Crippen molar-refractivity contribution >= 4 is 23.9 Å². The number of imidazole rings is 2. The van der Waals surface area contributed by atoms with Gasteiger partial charge in [-0.2, -0.15) is 0 Å². The van der Waals surface area contributed by atoms with E-state index >= 15 is 0 Å². The van der Waals surface area contributed by atoms with E-state index in [4.69, 9.17) is 0 Å². The fourth-order valence-electron chi connectivity index (χ4n) is 2.69. The van der Waals surface area contributed by atoms with Gasteiger partial charge in [-0.05, 0) is 31.2 Å². The number of nitrogens with zero attached hydrogens (tertiary/aromatic N) is 4. The van der Waals surface area contributed by atoms with Gasteiger partial charge >= 0.3 is 0 Å². The fraction of sp³-hybridized carbons (Fsp3) is 0.0588. The molecule has 4 aromatic heterocycles. The van der Waals surface area contributed by atoms with Crippen molar-refractivity contribution in [1.29, 1.82) is 0 Å². The highest BCUT2D eigenvalue weighted by molar-refractivity contribution is 5.77. The van der Waals surface area contributed by atoms with Gasteiger partial charge in [0.05, 0.1) is 11.4 Å². The van der Waals surface area contributed by atoms with Crippen molar-refractivity contribution in [3.63, 3.8) is 0 Å². The van der Waals surface area contributed by atoms with Crippen LogP contribution in [0.4, 0.5) is 0 Å². The van der Waals surface area contributed by atoms with Gasteiger partial charge in [-0.25, -0.2) is 9.97 Å². The number of aldehydes is 2. The monoisotopic (exact) mass is 304 g/mol. The smallest absolute Gasteiger partial charge is 0.168 e. The second-order valence-corrected chi connectivity index (χ2v) is 5.32. The second kappa shape index (κ2) is 4.88. The first kappa shape index (κ1) is 13.4. The highest BCUT2D eigenvalue weighted by Crippen LogP contribution is 2.21. The molecule has 0 atom stereocenters.